The van der Waals surface area contributed by atoms with Crippen molar-refractivity contribution >= 4 is 25.1 Å². The molecule has 0 saturated heterocycles. The van der Waals surface area contributed by atoms with Crippen LogP contribution in [-0.2, 0) is 10.6 Å². The molecule has 1 heterocycles. The predicted molar refractivity (Wildman–Crippen MR) is 113 cm³/mol. The fraction of sp³-hybridized carbons (Fsp3) is 0.364. The molecule has 0 aliphatic heterocycles. The van der Waals surface area contributed by atoms with E-state index < -0.39 is 26.2 Å². The van der Waals surface area contributed by atoms with E-state index in [4.69, 9.17) is 4.43 Å². The first-order chi connectivity index (χ1) is 13.8. The Morgan fingerprint density at radius 3 is 2.27 bits per heavy atom. The number of H-pyrrole nitrogens is 1. The van der Waals surface area contributed by atoms with Gasteiger partial charge in [-0.1, -0.05) is 32.9 Å². The topological polar surface area (TPSA) is 55.0 Å². The molecule has 2 aromatic carbocycles. The number of alkyl halides is 3. The van der Waals surface area contributed by atoms with E-state index in [-0.39, 0.29) is 10.8 Å². The van der Waals surface area contributed by atoms with Crippen LogP contribution in [0.15, 0.2) is 48.8 Å². The maximum absolute atomic E-state index is 13.4. The number of carbonyl (C=O) groups is 1. The van der Waals surface area contributed by atoms with Crippen LogP contribution in [0.1, 0.15) is 48.4 Å². The van der Waals surface area contributed by atoms with Crippen LogP contribution < -0.4 is 0 Å². The maximum Gasteiger partial charge on any atom is 0.416 e. The molecule has 1 unspecified atom stereocenters. The second-order valence-electron chi connectivity index (χ2n) is 8.88. The summed E-state index contributed by atoms with van der Waals surface area (Å²) in [6.45, 7) is 10.2. The monoisotopic (exact) mass is 434 g/mol. The van der Waals surface area contributed by atoms with E-state index in [1.165, 1.54) is 12.1 Å². The van der Waals surface area contributed by atoms with Gasteiger partial charge in [0.05, 0.1) is 22.9 Å². The minimum atomic E-state index is -4.44. The van der Waals surface area contributed by atoms with Crippen LogP contribution in [0.3, 0.4) is 0 Å². The van der Waals surface area contributed by atoms with Gasteiger partial charge in [-0.3, -0.25) is 4.79 Å². The molecule has 160 valence electrons. The highest BCUT2D eigenvalue weighted by Crippen LogP contribution is 2.41. The van der Waals surface area contributed by atoms with Gasteiger partial charge in [-0.05, 0) is 54.0 Å². The van der Waals surface area contributed by atoms with E-state index >= 15 is 0 Å². The van der Waals surface area contributed by atoms with Crippen molar-refractivity contribution in [2.45, 2.75) is 51.2 Å². The fourth-order valence-corrected chi connectivity index (χ4v) is 4.02. The minimum absolute atomic E-state index is 0.176. The second kappa shape index (κ2) is 7.66. The summed E-state index contributed by atoms with van der Waals surface area (Å²) < 4.78 is 45.4. The lowest BCUT2D eigenvalue weighted by atomic mass is 9.98. The Kier molecular flexibility index (Phi) is 5.68. The molecule has 1 N–H and O–H groups in total. The van der Waals surface area contributed by atoms with Crippen LogP contribution in [0, 0.1) is 0 Å². The number of nitrogens with one attached hydrogen (secondary N) is 1. The molecule has 0 radical (unpaired) electrons. The van der Waals surface area contributed by atoms with Crippen molar-refractivity contribution < 1.29 is 22.4 Å². The van der Waals surface area contributed by atoms with Crippen LogP contribution in [-0.4, -0.2) is 24.1 Å². The number of ketones is 1. The summed E-state index contributed by atoms with van der Waals surface area (Å²) in [5, 5.41) is -0.176. The van der Waals surface area contributed by atoms with Crippen molar-refractivity contribution in [1.29, 1.82) is 0 Å². The number of aromatic amines is 1. The number of imidazole rings is 1. The van der Waals surface area contributed by atoms with Gasteiger partial charge >= 0.3 is 6.18 Å². The van der Waals surface area contributed by atoms with Crippen molar-refractivity contribution in [2.75, 3.05) is 0 Å². The Labute approximate surface area is 174 Å². The van der Waals surface area contributed by atoms with Crippen LogP contribution in [0.2, 0.25) is 18.1 Å². The molecular weight excluding hydrogens is 409 g/mol. The predicted octanol–water partition coefficient (Wildman–Crippen LogP) is 6.53. The van der Waals surface area contributed by atoms with Gasteiger partial charge in [-0.25, -0.2) is 4.98 Å². The molecule has 0 spiro atoms. The Balaban J connectivity index is 2.03. The number of Topliss-reactive ketones (excluding diaryl/α,β-unsaturated/α-hetero) is 1. The lowest BCUT2D eigenvalue weighted by molar-refractivity contribution is -0.137. The number of nitrogens with zero attached hydrogens (tertiary/aromatic N) is 1. The van der Waals surface area contributed by atoms with E-state index in [1.54, 1.807) is 24.5 Å². The fourth-order valence-electron chi connectivity index (χ4n) is 2.83. The first kappa shape index (κ1) is 22.2. The summed E-state index contributed by atoms with van der Waals surface area (Å²) in [6, 6.07) is 9.72. The Hall–Kier alpha value is -2.45. The number of hydrogen-bond donors (Lipinski definition) is 1. The number of halogens is 3. The van der Waals surface area contributed by atoms with Gasteiger partial charge in [0, 0.05) is 5.56 Å². The second-order valence-corrected chi connectivity index (χ2v) is 13.6. The zero-order valence-corrected chi connectivity index (χ0v) is 18.6. The lowest BCUT2D eigenvalue weighted by Crippen LogP contribution is -2.43. The highest BCUT2D eigenvalue weighted by atomic mass is 28.4. The Bertz CT molecular complexity index is 1050. The normalized spacial score (nSPS) is 14.1. The van der Waals surface area contributed by atoms with Crippen molar-refractivity contribution in [3.05, 3.63) is 65.5 Å². The third-order valence-electron chi connectivity index (χ3n) is 5.70. The molecule has 1 atom stereocenters. The molecular formula is C22H25F3N2O2Si. The molecule has 0 fully saturated rings. The van der Waals surface area contributed by atoms with E-state index in [1.807, 2.05) is 33.9 Å². The molecule has 0 amide bonds. The molecule has 4 nitrogen and oxygen atoms in total. The molecule has 3 rings (SSSR count). The summed E-state index contributed by atoms with van der Waals surface area (Å²) in [5.74, 6) is -0.295. The number of hydrogen-bond acceptors (Lipinski definition) is 3. The van der Waals surface area contributed by atoms with Crippen molar-refractivity contribution in [3.8, 4) is 0 Å². The van der Waals surface area contributed by atoms with Gasteiger partial charge in [0.2, 0.25) is 0 Å². The average molecular weight is 435 g/mol. The zero-order valence-electron chi connectivity index (χ0n) is 17.6. The van der Waals surface area contributed by atoms with Crippen molar-refractivity contribution in [3.63, 3.8) is 0 Å². The third kappa shape index (κ3) is 4.49. The van der Waals surface area contributed by atoms with Crippen molar-refractivity contribution in [1.82, 2.24) is 9.97 Å². The van der Waals surface area contributed by atoms with Gasteiger partial charge in [0.25, 0.3) is 0 Å². The van der Waals surface area contributed by atoms with E-state index in [9.17, 15) is 18.0 Å². The SMILES string of the molecule is CC(C)(C)[Si](C)(C)OC(C(=O)c1ccc2nc[nH]c2c1)c1ccc(C(F)(F)F)cc1. The van der Waals surface area contributed by atoms with Crippen LogP contribution in [0.25, 0.3) is 11.0 Å². The summed E-state index contributed by atoms with van der Waals surface area (Å²) >= 11 is 0. The molecule has 0 aliphatic carbocycles. The van der Waals surface area contributed by atoms with Gasteiger partial charge in [0.15, 0.2) is 14.1 Å². The van der Waals surface area contributed by atoms with Crippen molar-refractivity contribution in [2.24, 2.45) is 0 Å². The van der Waals surface area contributed by atoms with E-state index in [2.05, 4.69) is 9.97 Å². The molecule has 0 bridgehead atoms. The number of carbonyl (C=O) groups excluding carboxylic acids is 1. The highest BCUT2D eigenvalue weighted by Gasteiger charge is 2.41. The first-order valence-corrected chi connectivity index (χ1v) is 12.5. The third-order valence-corrected chi connectivity index (χ3v) is 10.1. The molecule has 3 aromatic rings. The smallest absolute Gasteiger partial charge is 0.403 e. The largest absolute Gasteiger partial charge is 0.416 e. The Morgan fingerprint density at radius 1 is 1.07 bits per heavy atom. The average Bonchev–Trinajstić information content (AvgIpc) is 3.12. The summed E-state index contributed by atoms with van der Waals surface area (Å²) in [6.07, 6.45) is -3.89. The van der Waals surface area contributed by atoms with E-state index in [0.29, 0.717) is 16.6 Å². The standard InChI is InChI=1S/C22H25F3N2O2Si/c1-21(2,3)30(4,5)29-20(14-6-9-16(10-7-14)22(23,24)25)19(28)15-8-11-17-18(12-15)27-13-26-17/h6-13,20H,1-5H3,(H,26,27). The summed E-state index contributed by atoms with van der Waals surface area (Å²) in [7, 11) is -2.40. The van der Waals surface area contributed by atoms with Crippen LogP contribution in [0.5, 0.6) is 0 Å². The van der Waals surface area contributed by atoms with Gasteiger partial charge in [-0.2, -0.15) is 13.2 Å². The maximum atomic E-state index is 13.4. The zero-order chi connectivity index (χ0) is 22.3. The number of rotatable bonds is 5. The van der Waals surface area contributed by atoms with E-state index in [0.717, 1.165) is 17.6 Å². The molecule has 30 heavy (non-hydrogen) atoms. The van der Waals surface area contributed by atoms with Crippen LogP contribution in [0.4, 0.5) is 13.2 Å². The van der Waals surface area contributed by atoms with Gasteiger partial charge < -0.3 is 9.41 Å². The molecule has 8 heteroatoms. The Morgan fingerprint density at radius 2 is 1.70 bits per heavy atom. The number of fused-ring (bicyclic) bond motifs is 1. The van der Waals surface area contributed by atoms with Gasteiger partial charge in [-0.15, -0.1) is 0 Å². The lowest BCUT2D eigenvalue weighted by Gasteiger charge is -2.39. The molecule has 1 aromatic heterocycles. The summed E-state index contributed by atoms with van der Waals surface area (Å²) in [4.78, 5) is 20.6. The highest BCUT2D eigenvalue weighted by molar-refractivity contribution is 6.74. The number of benzene rings is 2. The molecule has 0 saturated carbocycles. The number of aromatic nitrogens is 2. The van der Waals surface area contributed by atoms with Gasteiger partial charge in [0.1, 0.15) is 6.10 Å². The first-order valence-electron chi connectivity index (χ1n) is 9.62. The molecule has 0 aliphatic rings. The minimum Gasteiger partial charge on any atom is -0.403 e. The summed E-state index contributed by atoms with van der Waals surface area (Å²) in [5.41, 5.74) is 1.49. The quantitative estimate of drug-likeness (QED) is 0.367. The van der Waals surface area contributed by atoms with Crippen LogP contribution >= 0.6 is 0 Å².